The maximum atomic E-state index is 13.0. The third-order valence-corrected chi connectivity index (χ3v) is 2.70. The third-order valence-electron chi connectivity index (χ3n) is 2.70. The molecule has 0 saturated carbocycles. The van der Waals surface area contributed by atoms with Gasteiger partial charge in [0.15, 0.2) is 0 Å². The molecule has 76 valence electrons. The van der Waals surface area contributed by atoms with Crippen LogP contribution in [0.2, 0.25) is 0 Å². The van der Waals surface area contributed by atoms with E-state index in [0.29, 0.717) is 18.6 Å². The second-order valence-corrected chi connectivity index (χ2v) is 3.79. The van der Waals surface area contributed by atoms with Crippen LogP contribution in [0.3, 0.4) is 0 Å². The molecule has 1 N–H and O–H groups in total. The summed E-state index contributed by atoms with van der Waals surface area (Å²) < 4.78 is 18.2. The summed E-state index contributed by atoms with van der Waals surface area (Å²) in [6.07, 6.45) is 0.539. The minimum absolute atomic E-state index is 0.261. The van der Waals surface area contributed by atoms with Gasteiger partial charge in [0, 0.05) is 13.0 Å². The predicted molar refractivity (Wildman–Crippen MR) is 50.5 cm³/mol. The van der Waals surface area contributed by atoms with E-state index < -0.39 is 5.60 Å². The highest BCUT2D eigenvalue weighted by Gasteiger charge is 2.35. The Hall–Kier alpha value is -0.930. The second-order valence-electron chi connectivity index (χ2n) is 3.79. The maximum absolute atomic E-state index is 13.0. The number of benzene rings is 1. The monoisotopic (exact) mass is 196 g/mol. The van der Waals surface area contributed by atoms with E-state index in [-0.39, 0.29) is 12.4 Å². The molecule has 1 aliphatic heterocycles. The highest BCUT2D eigenvalue weighted by atomic mass is 19.1. The van der Waals surface area contributed by atoms with Gasteiger partial charge in [0.2, 0.25) is 0 Å². The van der Waals surface area contributed by atoms with Crippen molar-refractivity contribution in [1.82, 2.24) is 0 Å². The van der Waals surface area contributed by atoms with Crippen molar-refractivity contribution < 1.29 is 14.2 Å². The first-order chi connectivity index (χ1) is 6.62. The van der Waals surface area contributed by atoms with Crippen molar-refractivity contribution in [2.75, 3.05) is 13.2 Å². The molecule has 0 aliphatic carbocycles. The van der Waals surface area contributed by atoms with Gasteiger partial charge >= 0.3 is 0 Å². The first kappa shape index (κ1) is 9.62. The quantitative estimate of drug-likeness (QED) is 0.741. The van der Waals surface area contributed by atoms with Gasteiger partial charge in [-0.2, -0.15) is 0 Å². The Morgan fingerprint density at radius 2 is 2.29 bits per heavy atom. The van der Waals surface area contributed by atoms with Gasteiger partial charge < -0.3 is 9.84 Å². The Labute approximate surface area is 82.3 Å². The fourth-order valence-corrected chi connectivity index (χ4v) is 1.86. The molecule has 0 amide bonds. The number of rotatable bonds is 1. The summed E-state index contributed by atoms with van der Waals surface area (Å²) in [5, 5.41) is 10.2. The van der Waals surface area contributed by atoms with Crippen molar-refractivity contribution in [2.24, 2.45) is 0 Å². The molecule has 0 radical (unpaired) electrons. The fourth-order valence-electron chi connectivity index (χ4n) is 1.86. The minimum atomic E-state index is -0.994. The summed E-state index contributed by atoms with van der Waals surface area (Å²) in [6.45, 7) is 2.66. The standard InChI is InChI=1S/C11H13FO2/c1-8-2-3-9(12)6-10(8)11(13)4-5-14-7-11/h2-3,6,13H,4-5,7H2,1H3. The van der Waals surface area contributed by atoms with Gasteiger partial charge in [-0.1, -0.05) is 6.07 Å². The molecule has 1 aromatic rings. The first-order valence-corrected chi connectivity index (χ1v) is 4.69. The first-order valence-electron chi connectivity index (χ1n) is 4.69. The lowest BCUT2D eigenvalue weighted by molar-refractivity contribution is 0.0224. The van der Waals surface area contributed by atoms with Crippen LogP contribution in [0.15, 0.2) is 18.2 Å². The highest BCUT2D eigenvalue weighted by Crippen LogP contribution is 2.32. The summed E-state index contributed by atoms with van der Waals surface area (Å²) in [6, 6.07) is 4.48. The maximum Gasteiger partial charge on any atom is 0.123 e. The molecule has 1 heterocycles. The Kier molecular flexibility index (Phi) is 2.29. The van der Waals surface area contributed by atoms with Crippen molar-refractivity contribution in [3.8, 4) is 0 Å². The van der Waals surface area contributed by atoms with Gasteiger partial charge in [-0.15, -0.1) is 0 Å². The van der Waals surface area contributed by atoms with E-state index in [2.05, 4.69) is 0 Å². The molecule has 1 atom stereocenters. The van der Waals surface area contributed by atoms with Gasteiger partial charge in [-0.05, 0) is 30.2 Å². The second kappa shape index (κ2) is 3.33. The average molecular weight is 196 g/mol. The summed E-state index contributed by atoms with van der Waals surface area (Å²) >= 11 is 0. The Morgan fingerprint density at radius 1 is 1.50 bits per heavy atom. The molecule has 1 aromatic carbocycles. The van der Waals surface area contributed by atoms with Crippen LogP contribution in [0.1, 0.15) is 17.5 Å². The summed E-state index contributed by atoms with van der Waals surface area (Å²) in [5.74, 6) is -0.314. The third kappa shape index (κ3) is 1.53. The van der Waals surface area contributed by atoms with E-state index >= 15 is 0 Å². The molecule has 1 fully saturated rings. The minimum Gasteiger partial charge on any atom is -0.383 e. The van der Waals surface area contributed by atoms with E-state index in [1.165, 1.54) is 12.1 Å². The molecule has 2 nitrogen and oxygen atoms in total. The van der Waals surface area contributed by atoms with Gasteiger partial charge in [0.05, 0.1) is 6.61 Å². The van der Waals surface area contributed by atoms with E-state index in [9.17, 15) is 9.50 Å². The zero-order valence-electron chi connectivity index (χ0n) is 8.09. The lowest BCUT2D eigenvalue weighted by Crippen LogP contribution is -2.26. The molecule has 14 heavy (non-hydrogen) atoms. The van der Waals surface area contributed by atoms with Gasteiger partial charge in [-0.25, -0.2) is 4.39 Å². The van der Waals surface area contributed by atoms with Crippen molar-refractivity contribution in [3.63, 3.8) is 0 Å². The van der Waals surface area contributed by atoms with E-state index in [1.807, 2.05) is 6.92 Å². The summed E-state index contributed by atoms with van der Waals surface area (Å²) in [7, 11) is 0. The van der Waals surface area contributed by atoms with Gasteiger partial charge in [0.25, 0.3) is 0 Å². The van der Waals surface area contributed by atoms with Crippen molar-refractivity contribution in [1.29, 1.82) is 0 Å². The highest BCUT2D eigenvalue weighted by molar-refractivity contribution is 5.32. The number of hydrogen-bond acceptors (Lipinski definition) is 2. The van der Waals surface area contributed by atoms with Crippen LogP contribution in [-0.4, -0.2) is 18.3 Å². The van der Waals surface area contributed by atoms with Crippen molar-refractivity contribution in [3.05, 3.63) is 35.1 Å². The van der Waals surface area contributed by atoms with Crippen LogP contribution in [-0.2, 0) is 10.3 Å². The van der Waals surface area contributed by atoms with E-state index in [0.717, 1.165) is 5.56 Å². The number of hydrogen-bond donors (Lipinski definition) is 1. The smallest absolute Gasteiger partial charge is 0.123 e. The molecular formula is C11H13FO2. The summed E-state index contributed by atoms with van der Waals surface area (Å²) in [4.78, 5) is 0. The summed E-state index contributed by atoms with van der Waals surface area (Å²) in [5.41, 5.74) is 0.557. The zero-order valence-corrected chi connectivity index (χ0v) is 8.09. The molecule has 0 spiro atoms. The predicted octanol–water partition coefficient (Wildman–Crippen LogP) is 1.74. The lowest BCUT2D eigenvalue weighted by atomic mass is 9.89. The van der Waals surface area contributed by atoms with E-state index in [4.69, 9.17) is 4.74 Å². The normalized spacial score (nSPS) is 26.8. The molecule has 1 saturated heterocycles. The molecule has 1 unspecified atom stereocenters. The number of ether oxygens (including phenoxy) is 1. The van der Waals surface area contributed by atoms with Crippen LogP contribution in [0.5, 0.6) is 0 Å². The topological polar surface area (TPSA) is 29.5 Å². The van der Waals surface area contributed by atoms with Crippen LogP contribution in [0, 0.1) is 12.7 Å². The Morgan fingerprint density at radius 3 is 2.93 bits per heavy atom. The molecular weight excluding hydrogens is 183 g/mol. The average Bonchev–Trinajstić information content (AvgIpc) is 2.58. The van der Waals surface area contributed by atoms with E-state index in [1.54, 1.807) is 6.07 Å². The SMILES string of the molecule is Cc1ccc(F)cc1C1(O)CCOC1. The van der Waals surface area contributed by atoms with Crippen LogP contribution in [0.4, 0.5) is 4.39 Å². The Balaban J connectivity index is 2.44. The van der Waals surface area contributed by atoms with Crippen LogP contribution >= 0.6 is 0 Å². The molecule has 0 bridgehead atoms. The van der Waals surface area contributed by atoms with Crippen LogP contribution < -0.4 is 0 Å². The number of halogens is 1. The largest absolute Gasteiger partial charge is 0.383 e. The Bertz CT molecular complexity index is 343. The van der Waals surface area contributed by atoms with Crippen molar-refractivity contribution in [2.45, 2.75) is 18.9 Å². The number of aryl methyl sites for hydroxylation is 1. The molecule has 2 rings (SSSR count). The van der Waals surface area contributed by atoms with Gasteiger partial charge in [-0.3, -0.25) is 0 Å². The molecule has 1 aliphatic rings. The van der Waals surface area contributed by atoms with Crippen LogP contribution in [0.25, 0.3) is 0 Å². The zero-order chi connectivity index (χ0) is 10.2. The molecule has 0 aromatic heterocycles. The van der Waals surface area contributed by atoms with Crippen molar-refractivity contribution >= 4 is 0 Å². The fraction of sp³-hybridized carbons (Fsp3) is 0.455. The van der Waals surface area contributed by atoms with Gasteiger partial charge in [0.1, 0.15) is 11.4 Å². The number of aliphatic hydroxyl groups is 1. The molecule has 3 heteroatoms. The lowest BCUT2D eigenvalue weighted by Gasteiger charge is -2.22.